The van der Waals surface area contributed by atoms with E-state index in [4.69, 9.17) is 0 Å². The molecule has 7 heteroatoms. The van der Waals surface area contributed by atoms with E-state index >= 15 is 0 Å². The number of hydrogen-bond acceptors (Lipinski definition) is 5. The number of thioether (sulfide) groups is 1. The Morgan fingerprint density at radius 3 is 2.52 bits per heavy atom. The molecule has 0 radical (unpaired) electrons. The van der Waals surface area contributed by atoms with Crippen LogP contribution in [0.25, 0.3) is 0 Å². The Labute approximate surface area is 128 Å². The topological polar surface area (TPSA) is 92.2 Å². The Hall–Kier alpha value is -1.63. The van der Waals surface area contributed by atoms with Crippen LogP contribution >= 0.6 is 11.8 Å². The van der Waals surface area contributed by atoms with Gasteiger partial charge in [0.2, 0.25) is 5.91 Å². The van der Waals surface area contributed by atoms with Gasteiger partial charge in [0.15, 0.2) is 0 Å². The number of aromatic carboxylic acids is 1. The predicted octanol–water partition coefficient (Wildman–Crippen LogP) is 1.91. The third-order valence-corrected chi connectivity index (χ3v) is 3.66. The van der Waals surface area contributed by atoms with Crippen molar-refractivity contribution in [2.75, 3.05) is 12.3 Å². The Balaban J connectivity index is 2.84. The zero-order valence-corrected chi connectivity index (χ0v) is 13.6. The lowest BCUT2D eigenvalue weighted by molar-refractivity contribution is -0.118. The monoisotopic (exact) mass is 311 g/mol. The van der Waals surface area contributed by atoms with Crippen LogP contribution in [0.4, 0.5) is 0 Å². The van der Waals surface area contributed by atoms with E-state index in [1.54, 1.807) is 6.92 Å². The molecule has 1 amide bonds. The van der Waals surface area contributed by atoms with Crippen LogP contribution in [0.15, 0.2) is 5.03 Å². The maximum Gasteiger partial charge on any atom is 0.340 e. The van der Waals surface area contributed by atoms with Gasteiger partial charge < -0.3 is 10.4 Å². The van der Waals surface area contributed by atoms with Crippen molar-refractivity contribution in [1.82, 2.24) is 15.3 Å². The first-order chi connectivity index (χ1) is 9.85. The Morgan fingerprint density at radius 2 is 2.00 bits per heavy atom. The summed E-state index contributed by atoms with van der Waals surface area (Å²) >= 11 is 1.13. The number of carbonyl (C=O) groups is 2. The highest BCUT2D eigenvalue weighted by atomic mass is 32.2. The Bertz CT molecular complexity index is 532. The normalized spacial score (nSPS) is 10.7. The van der Waals surface area contributed by atoms with Crippen LogP contribution in [-0.2, 0) is 11.2 Å². The van der Waals surface area contributed by atoms with E-state index in [9.17, 15) is 14.7 Å². The number of rotatable bonds is 7. The van der Waals surface area contributed by atoms with Crippen LogP contribution in [0.2, 0.25) is 0 Å². The summed E-state index contributed by atoms with van der Waals surface area (Å²) in [6.07, 6.45) is 0.619. The second-order valence-corrected chi connectivity index (χ2v) is 6.01. The predicted molar refractivity (Wildman–Crippen MR) is 81.7 cm³/mol. The number of hydrogen-bond donors (Lipinski definition) is 2. The number of nitrogens with zero attached hydrogens (tertiary/aromatic N) is 2. The molecule has 0 aromatic carbocycles. The summed E-state index contributed by atoms with van der Waals surface area (Å²) in [5.74, 6) is -0.0872. The SMILES string of the molecule is CCc1nc(C)c(C(=O)O)c(SCC(=O)NCC(C)C)n1. The molecule has 0 aliphatic heterocycles. The summed E-state index contributed by atoms with van der Waals surface area (Å²) < 4.78 is 0. The second-order valence-electron chi connectivity index (χ2n) is 5.05. The smallest absolute Gasteiger partial charge is 0.340 e. The van der Waals surface area contributed by atoms with Crippen LogP contribution in [-0.4, -0.2) is 39.2 Å². The standard InChI is InChI=1S/C14H21N3O3S/c1-5-10-16-9(4)12(14(19)20)13(17-10)21-7-11(18)15-6-8(2)3/h8H,5-7H2,1-4H3,(H,15,18)(H,19,20). The van der Waals surface area contributed by atoms with Gasteiger partial charge in [0.05, 0.1) is 11.4 Å². The van der Waals surface area contributed by atoms with Crippen molar-refractivity contribution in [2.45, 2.75) is 39.1 Å². The number of carboxylic acids is 1. The fourth-order valence-corrected chi connectivity index (χ4v) is 2.53. The molecule has 2 N–H and O–H groups in total. The first-order valence-corrected chi connectivity index (χ1v) is 7.84. The van der Waals surface area contributed by atoms with E-state index < -0.39 is 5.97 Å². The summed E-state index contributed by atoms with van der Waals surface area (Å²) in [5, 5.41) is 12.4. The number of nitrogens with one attached hydrogen (secondary N) is 1. The van der Waals surface area contributed by atoms with E-state index in [1.165, 1.54) is 0 Å². The van der Waals surface area contributed by atoms with E-state index in [1.807, 2.05) is 20.8 Å². The van der Waals surface area contributed by atoms with Gasteiger partial charge in [-0.1, -0.05) is 32.5 Å². The fraction of sp³-hybridized carbons (Fsp3) is 0.571. The first kappa shape index (κ1) is 17.4. The molecule has 0 unspecified atom stereocenters. The molecule has 0 saturated carbocycles. The van der Waals surface area contributed by atoms with Gasteiger partial charge in [0.25, 0.3) is 0 Å². The largest absolute Gasteiger partial charge is 0.478 e. The molecule has 116 valence electrons. The van der Waals surface area contributed by atoms with Crippen LogP contribution in [0.3, 0.4) is 0 Å². The summed E-state index contributed by atoms with van der Waals surface area (Å²) in [7, 11) is 0. The zero-order chi connectivity index (χ0) is 16.0. The van der Waals surface area contributed by atoms with E-state index in [2.05, 4.69) is 15.3 Å². The Kier molecular flexibility index (Phi) is 6.61. The van der Waals surface area contributed by atoms with E-state index in [0.29, 0.717) is 35.4 Å². The quantitative estimate of drug-likeness (QED) is 0.590. The van der Waals surface area contributed by atoms with Crippen LogP contribution in [0, 0.1) is 12.8 Å². The average Bonchev–Trinajstić information content (AvgIpc) is 2.41. The maximum atomic E-state index is 11.7. The molecule has 0 spiro atoms. The van der Waals surface area contributed by atoms with Crippen molar-refractivity contribution in [3.8, 4) is 0 Å². The average molecular weight is 311 g/mol. The van der Waals surface area contributed by atoms with Gasteiger partial charge >= 0.3 is 5.97 Å². The molecule has 6 nitrogen and oxygen atoms in total. The molecule has 0 atom stereocenters. The lowest BCUT2D eigenvalue weighted by Crippen LogP contribution is -2.28. The highest BCUT2D eigenvalue weighted by molar-refractivity contribution is 8.00. The minimum absolute atomic E-state index is 0.0776. The Morgan fingerprint density at radius 1 is 1.33 bits per heavy atom. The van der Waals surface area contributed by atoms with Gasteiger partial charge in [-0.2, -0.15) is 0 Å². The zero-order valence-electron chi connectivity index (χ0n) is 12.8. The van der Waals surface area contributed by atoms with Crippen LogP contribution in [0.5, 0.6) is 0 Å². The van der Waals surface area contributed by atoms with Crippen molar-refractivity contribution < 1.29 is 14.7 Å². The van der Waals surface area contributed by atoms with Crippen LogP contribution in [0.1, 0.15) is 42.6 Å². The molecule has 0 bridgehead atoms. The van der Waals surface area contributed by atoms with Gasteiger partial charge in [-0.3, -0.25) is 4.79 Å². The van der Waals surface area contributed by atoms with Crippen molar-refractivity contribution in [3.05, 3.63) is 17.1 Å². The lowest BCUT2D eigenvalue weighted by atomic mass is 10.2. The molecule has 1 aromatic rings. The minimum atomic E-state index is -1.07. The number of aryl methyl sites for hydroxylation is 2. The first-order valence-electron chi connectivity index (χ1n) is 6.85. The maximum absolute atomic E-state index is 11.7. The van der Waals surface area contributed by atoms with Crippen molar-refractivity contribution in [2.24, 2.45) is 5.92 Å². The highest BCUT2D eigenvalue weighted by Gasteiger charge is 2.18. The molecular formula is C14H21N3O3S. The van der Waals surface area contributed by atoms with Crippen molar-refractivity contribution in [1.29, 1.82) is 0 Å². The summed E-state index contributed by atoms with van der Waals surface area (Å²) in [5.41, 5.74) is 0.508. The number of carboxylic acid groups (broad SMARTS) is 1. The molecule has 0 aliphatic rings. The molecule has 0 saturated heterocycles. The van der Waals surface area contributed by atoms with Crippen LogP contribution < -0.4 is 5.32 Å². The molecular weight excluding hydrogens is 290 g/mol. The molecule has 0 aliphatic carbocycles. The summed E-state index contributed by atoms with van der Waals surface area (Å²) in [6, 6.07) is 0. The number of carbonyl (C=O) groups excluding carboxylic acids is 1. The summed E-state index contributed by atoms with van der Waals surface area (Å²) in [6.45, 7) is 8.18. The third kappa shape index (κ3) is 5.34. The second kappa shape index (κ2) is 7.97. The van der Waals surface area contributed by atoms with Crippen molar-refractivity contribution in [3.63, 3.8) is 0 Å². The molecule has 1 heterocycles. The van der Waals surface area contributed by atoms with Gasteiger partial charge in [0, 0.05) is 13.0 Å². The fourth-order valence-electron chi connectivity index (χ4n) is 1.61. The lowest BCUT2D eigenvalue weighted by Gasteiger charge is -2.10. The minimum Gasteiger partial charge on any atom is -0.478 e. The van der Waals surface area contributed by atoms with Gasteiger partial charge in [-0.25, -0.2) is 14.8 Å². The molecule has 1 aromatic heterocycles. The number of amides is 1. The van der Waals surface area contributed by atoms with Gasteiger partial charge in [-0.05, 0) is 12.8 Å². The van der Waals surface area contributed by atoms with Gasteiger partial charge in [0.1, 0.15) is 16.4 Å². The molecule has 0 fully saturated rings. The molecule has 21 heavy (non-hydrogen) atoms. The number of aromatic nitrogens is 2. The van der Waals surface area contributed by atoms with E-state index in [-0.39, 0.29) is 17.2 Å². The van der Waals surface area contributed by atoms with Crippen molar-refractivity contribution >= 4 is 23.6 Å². The molecule has 1 rings (SSSR count). The summed E-state index contributed by atoms with van der Waals surface area (Å²) in [4.78, 5) is 31.4. The van der Waals surface area contributed by atoms with E-state index in [0.717, 1.165) is 11.8 Å². The third-order valence-electron chi connectivity index (χ3n) is 2.68. The van der Waals surface area contributed by atoms with Gasteiger partial charge in [-0.15, -0.1) is 0 Å². The highest BCUT2D eigenvalue weighted by Crippen LogP contribution is 2.23.